The van der Waals surface area contributed by atoms with E-state index in [4.69, 9.17) is 12.2 Å². The molecule has 0 unspecified atom stereocenters. The van der Waals surface area contributed by atoms with Crippen LogP contribution in [-0.2, 0) is 4.79 Å². The number of amides is 1. The molecule has 1 aliphatic heterocycles. The molecule has 2 heterocycles. The van der Waals surface area contributed by atoms with Crippen LogP contribution in [0.15, 0.2) is 47.0 Å². The van der Waals surface area contributed by atoms with E-state index in [-0.39, 0.29) is 11.9 Å². The minimum atomic E-state index is -0.233. The van der Waals surface area contributed by atoms with Crippen molar-refractivity contribution in [3.63, 3.8) is 0 Å². The summed E-state index contributed by atoms with van der Waals surface area (Å²) in [4.78, 5) is 14.0. The lowest BCUT2D eigenvalue weighted by Gasteiger charge is -2.29. The topological polar surface area (TPSA) is 53.2 Å². The number of hydrogen-bond acceptors (Lipinski definition) is 3. The Morgan fingerprint density at radius 3 is 2.75 bits per heavy atom. The van der Waals surface area contributed by atoms with Gasteiger partial charge in [0.25, 0.3) is 5.91 Å². The van der Waals surface area contributed by atoms with Gasteiger partial charge in [0.1, 0.15) is 0 Å². The van der Waals surface area contributed by atoms with E-state index >= 15 is 0 Å². The molecular formula is C18H19N3OS2. The van der Waals surface area contributed by atoms with Gasteiger partial charge in [-0.1, -0.05) is 18.2 Å². The number of allylic oxidation sites excluding steroid dienone is 1. The molecule has 0 fully saturated rings. The van der Waals surface area contributed by atoms with Crippen LogP contribution in [0.3, 0.4) is 0 Å². The van der Waals surface area contributed by atoms with Gasteiger partial charge in [0.05, 0.1) is 11.6 Å². The maximum atomic E-state index is 13.0. The lowest BCUT2D eigenvalue weighted by atomic mass is 10.0. The molecule has 4 nitrogen and oxygen atoms in total. The fourth-order valence-corrected chi connectivity index (χ4v) is 3.78. The second kappa shape index (κ2) is 6.75. The van der Waals surface area contributed by atoms with Gasteiger partial charge in [0.15, 0.2) is 5.11 Å². The average Bonchev–Trinajstić information content (AvgIpc) is 3.04. The summed E-state index contributed by atoms with van der Waals surface area (Å²) in [7, 11) is 0. The van der Waals surface area contributed by atoms with Crippen molar-refractivity contribution >= 4 is 40.3 Å². The molecule has 0 bridgehead atoms. The van der Waals surface area contributed by atoms with E-state index in [0.29, 0.717) is 10.7 Å². The first-order valence-electron chi connectivity index (χ1n) is 7.66. The van der Waals surface area contributed by atoms with Crippen molar-refractivity contribution in [3.05, 3.63) is 63.0 Å². The highest BCUT2D eigenvalue weighted by Crippen LogP contribution is 2.31. The molecule has 1 aromatic heterocycles. The summed E-state index contributed by atoms with van der Waals surface area (Å²) in [5.74, 6) is -0.123. The van der Waals surface area contributed by atoms with Gasteiger partial charge in [0, 0.05) is 16.3 Å². The van der Waals surface area contributed by atoms with Gasteiger partial charge in [-0.15, -0.1) is 11.3 Å². The minimum Gasteiger partial charge on any atom is -0.350 e. The second-order valence-electron chi connectivity index (χ2n) is 5.86. The maximum absolute atomic E-state index is 13.0. The third-order valence-corrected chi connectivity index (χ3v) is 5.14. The predicted octanol–water partition coefficient (Wildman–Crippen LogP) is 3.80. The van der Waals surface area contributed by atoms with Crippen molar-refractivity contribution in [2.45, 2.75) is 26.8 Å². The smallest absolute Gasteiger partial charge is 0.255 e. The quantitative estimate of drug-likeness (QED) is 0.732. The van der Waals surface area contributed by atoms with Crippen LogP contribution >= 0.6 is 23.6 Å². The van der Waals surface area contributed by atoms with E-state index in [0.717, 1.165) is 27.4 Å². The van der Waals surface area contributed by atoms with Crippen molar-refractivity contribution in [1.29, 1.82) is 0 Å². The Bertz CT molecular complexity index is 825. The summed E-state index contributed by atoms with van der Waals surface area (Å²) in [6.07, 6.45) is 0. The lowest BCUT2D eigenvalue weighted by molar-refractivity contribution is -0.113. The molecule has 1 amide bonds. The zero-order valence-electron chi connectivity index (χ0n) is 13.8. The average molecular weight is 358 g/mol. The number of nitrogens with one attached hydrogen (secondary N) is 3. The van der Waals surface area contributed by atoms with Crippen molar-refractivity contribution in [2.24, 2.45) is 0 Å². The van der Waals surface area contributed by atoms with Crippen LogP contribution < -0.4 is 16.0 Å². The van der Waals surface area contributed by atoms with Gasteiger partial charge >= 0.3 is 0 Å². The molecule has 0 saturated carbocycles. The zero-order valence-corrected chi connectivity index (χ0v) is 15.4. The number of thiophene rings is 1. The van der Waals surface area contributed by atoms with Gasteiger partial charge < -0.3 is 16.0 Å². The van der Waals surface area contributed by atoms with Gasteiger partial charge in [0.2, 0.25) is 0 Å². The lowest BCUT2D eigenvalue weighted by Crippen LogP contribution is -2.45. The summed E-state index contributed by atoms with van der Waals surface area (Å²) in [5, 5.41) is 11.8. The Hall–Kier alpha value is -2.18. The van der Waals surface area contributed by atoms with Crippen LogP contribution in [-0.4, -0.2) is 11.0 Å². The Labute approximate surface area is 151 Å². The summed E-state index contributed by atoms with van der Waals surface area (Å²) in [6, 6.07) is 9.78. The van der Waals surface area contributed by atoms with Crippen LogP contribution in [0.25, 0.3) is 0 Å². The number of rotatable bonds is 3. The first kappa shape index (κ1) is 16.7. The molecular weight excluding hydrogens is 338 g/mol. The number of carbonyl (C=O) groups excluding carboxylic acids is 1. The highest BCUT2D eigenvalue weighted by molar-refractivity contribution is 7.80. The number of aryl methyl sites for hydroxylation is 2. The molecule has 1 atom stereocenters. The Morgan fingerprint density at radius 2 is 2.04 bits per heavy atom. The molecule has 0 aliphatic carbocycles. The van der Waals surface area contributed by atoms with E-state index < -0.39 is 0 Å². The van der Waals surface area contributed by atoms with Crippen LogP contribution in [0, 0.1) is 13.8 Å². The largest absolute Gasteiger partial charge is 0.350 e. The van der Waals surface area contributed by atoms with E-state index in [2.05, 4.69) is 16.0 Å². The van der Waals surface area contributed by atoms with Crippen molar-refractivity contribution < 1.29 is 4.79 Å². The Morgan fingerprint density at radius 1 is 1.25 bits per heavy atom. The van der Waals surface area contributed by atoms with Crippen molar-refractivity contribution in [2.75, 3.05) is 5.32 Å². The molecule has 6 heteroatoms. The fourth-order valence-electron chi connectivity index (χ4n) is 2.72. The minimum absolute atomic E-state index is 0.123. The molecule has 24 heavy (non-hydrogen) atoms. The molecule has 0 spiro atoms. The monoisotopic (exact) mass is 357 g/mol. The van der Waals surface area contributed by atoms with Gasteiger partial charge in [-0.2, -0.15) is 0 Å². The molecule has 3 N–H and O–H groups in total. The number of thiocarbonyl (C=S) groups is 1. The zero-order chi connectivity index (χ0) is 17.3. The summed E-state index contributed by atoms with van der Waals surface area (Å²) >= 11 is 6.86. The maximum Gasteiger partial charge on any atom is 0.255 e. The molecule has 3 rings (SSSR count). The summed E-state index contributed by atoms with van der Waals surface area (Å²) < 4.78 is 0. The van der Waals surface area contributed by atoms with E-state index in [1.807, 2.05) is 56.5 Å². The predicted molar refractivity (Wildman–Crippen MR) is 103 cm³/mol. The molecule has 1 aromatic carbocycles. The van der Waals surface area contributed by atoms with Crippen molar-refractivity contribution in [1.82, 2.24) is 10.6 Å². The molecule has 124 valence electrons. The normalized spacial score (nSPS) is 17.3. The number of benzene rings is 1. The van der Waals surface area contributed by atoms with Crippen molar-refractivity contribution in [3.8, 4) is 0 Å². The standard InChI is InChI=1S/C18H19N3OS2/c1-10-6-7-11(2)13(9-10)20-17(22)15-12(3)19-18(23)21-16(15)14-5-4-8-24-14/h4-9,16H,1-3H3,(H,20,22)(H2,19,21,23)/t16-/m1/s1. The van der Waals surface area contributed by atoms with E-state index in [1.165, 1.54) is 0 Å². The SMILES string of the molecule is CC1=C(C(=O)Nc2cc(C)ccc2C)[C@@H](c2cccs2)NC(=S)N1. The summed E-state index contributed by atoms with van der Waals surface area (Å²) in [6.45, 7) is 5.88. The first-order chi connectivity index (χ1) is 11.5. The molecule has 2 aromatic rings. The van der Waals surface area contributed by atoms with E-state index in [1.54, 1.807) is 11.3 Å². The Balaban J connectivity index is 1.95. The number of carbonyl (C=O) groups is 1. The third-order valence-electron chi connectivity index (χ3n) is 3.98. The summed E-state index contributed by atoms with van der Waals surface area (Å²) in [5.41, 5.74) is 4.41. The molecule has 1 aliphatic rings. The third kappa shape index (κ3) is 3.34. The van der Waals surface area contributed by atoms with Gasteiger partial charge in [-0.25, -0.2) is 0 Å². The van der Waals surface area contributed by atoms with Gasteiger partial charge in [-0.05, 0) is 61.6 Å². The van der Waals surface area contributed by atoms with Crippen LogP contribution in [0.5, 0.6) is 0 Å². The number of anilines is 1. The van der Waals surface area contributed by atoms with Crippen LogP contribution in [0.1, 0.15) is 29.0 Å². The Kier molecular flexibility index (Phi) is 4.69. The highest BCUT2D eigenvalue weighted by atomic mass is 32.1. The van der Waals surface area contributed by atoms with E-state index in [9.17, 15) is 4.79 Å². The molecule has 0 saturated heterocycles. The molecule has 0 radical (unpaired) electrons. The van der Waals surface area contributed by atoms with Crippen LogP contribution in [0.2, 0.25) is 0 Å². The first-order valence-corrected chi connectivity index (χ1v) is 8.95. The van der Waals surface area contributed by atoms with Crippen LogP contribution in [0.4, 0.5) is 5.69 Å². The number of hydrogen-bond donors (Lipinski definition) is 3. The van der Waals surface area contributed by atoms with Gasteiger partial charge in [-0.3, -0.25) is 4.79 Å². The fraction of sp³-hybridized carbons (Fsp3) is 0.222. The second-order valence-corrected chi connectivity index (χ2v) is 7.25. The highest BCUT2D eigenvalue weighted by Gasteiger charge is 2.30.